The smallest absolute Gasteiger partial charge is 0.334 e. The zero-order valence-corrected chi connectivity index (χ0v) is 17.6. The van der Waals surface area contributed by atoms with Crippen LogP contribution in [0.25, 0.3) is 0 Å². The van der Waals surface area contributed by atoms with E-state index in [-0.39, 0.29) is 12.5 Å². The minimum absolute atomic E-state index is 0.123. The van der Waals surface area contributed by atoms with Gasteiger partial charge in [-0.1, -0.05) is 32.0 Å². The molecule has 1 amide bonds. The summed E-state index contributed by atoms with van der Waals surface area (Å²) in [6.45, 7) is 8.23. The van der Waals surface area contributed by atoms with Crippen LogP contribution in [0.2, 0.25) is 0 Å². The molecule has 1 fully saturated rings. The molecule has 28 heavy (non-hydrogen) atoms. The van der Waals surface area contributed by atoms with E-state index in [0.717, 1.165) is 12.1 Å². The van der Waals surface area contributed by atoms with Crippen LogP contribution in [0.4, 0.5) is 0 Å². The third kappa shape index (κ3) is 5.02. The number of hydrogen-bond donors (Lipinski definition) is 0. The molecule has 0 saturated carbocycles. The predicted octanol–water partition coefficient (Wildman–Crippen LogP) is 2.64. The Kier molecular flexibility index (Phi) is 7.83. The van der Waals surface area contributed by atoms with Crippen LogP contribution < -0.4 is 4.74 Å². The van der Waals surface area contributed by atoms with Crippen molar-refractivity contribution in [3.63, 3.8) is 0 Å². The Balaban J connectivity index is 2.21. The second-order valence-corrected chi connectivity index (χ2v) is 7.62. The van der Waals surface area contributed by atoms with E-state index < -0.39 is 11.5 Å². The van der Waals surface area contributed by atoms with Gasteiger partial charge in [-0.25, -0.2) is 9.86 Å². The lowest BCUT2D eigenvalue weighted by Gasteiger charge is -2.45. The van der Waals surface area contributed by atoms with Crippen LogP contribution in [0.5, 0.6) is 5.75 Å². The van der Waals surface area contributed by atoms with Gasteiger partial charge in [0.2, 0.25) is 5.91 Å². The van der Waals surface area contributed by atoms with E-state index in [4.69, 9.17) is 14.3 Å². The largest absolute Gasteiger partial charge is 0.496 e. The van der Waals surface area contributed by atoms with Gasteiger partial charge in [-0.2, -0.15) is 0 Å². The number of piperidine rings is 1. The highest BCUT2D eigenvalue weighted by Gasteiger charge is 2.50. The summed E-state index contributed by atoms with van der Waals surface area (Å²) in [5.74, 6) is 0.450. The summed E-state index contributed by atoms with van der Waals surface area (Å²) >= 11 is 0. The van der Waals surface area contributed by atoms with E-state index in [1.807, 2.05) is 24.3 Å². The average Bonchev–Trinajstić information content (AvgIpc) is 2.68. The van der Waals surface area contributed by atoms with Crippen molar-refractivity contribution in [3.8, 4) is 5.75 Å². The fourth-order valence-electron chi connectivity index (χ4n) is 3.77. The molecule has 7 heteroatoms. The number of hydroxylamine groups is 2. The molecule has 1 aliphatic heterocycles. The van der Waals surface area contributed by atoms with Crippen molar-refractivity contribution >= 4 is 11.9 Å². The first-order valence-electron chi connectivity index (χ1n) is 9.70. The molecule has 1 aromatic rings. The van der Waals surface area contributed by atoms with Crippen molar-refractivity contribution in [1.29, 1.82) is 0 Å². The molecule has 1 aromatic carbocycles. The fourth-order valence-corrected chi connectivity index (χ4v) is 3.77. The second kappa shape index (κ2) is 9.89. The highest BCUT2D eigenvalue weighted by atomic mass is 16.7. The van der Waals surface area contributed by atoms with Crippen molar-refractivity contribution < 1.29 is 23.9 Å². The summed E-state index contributed by atoms with van der Waals surface area (Å²) < 4.78 is 10.4. The lowest BCUT2D eigenvalue weighted by atomic mass is 9.86. The number of hydrogen-bond acceptors (Lipinski definition) is 6. The molecule has 0 aliphatic carbocycles. The molecule has 0 atom stereocenters. The normalized spacial score (nSPS) is 16.6. The Morgan fingerprint density at radius 3 is 2.36 bits per heavy atom. The minimum Gasteiger partial charge on any atom is -0.496 e. The average molecular weight is 392 g/mol. The van der Waals surface area contributed by atoms with Gasteiger partial charge < -0.3 is 14.4 Å². The molecule has 0 N–H and O–H groups in total. The lowest BCUT2D eigenvalue weighted by Crippen LogP contribution is -2.61. The number of carbonyl (C=O) groups excluding carboxylic acids is 2. The van der Waals surface area contributed by atoms with E-state index in [1.165, 1.54) is 19.1 Å². The number of benzene rings is 1. The maximum Gasteiger partial charge on any atom is 0.334 e. The molecule has 7 nitrogen and oxygen atoms in total. The molecule has 156 valence electrons. The number of rotatable bonds is 8. The highest BCUT2D eigenvalue weighted by molar-refractivity contribution is 5.86. The van der Waals surface area contributed by atoms with E-state index in [0.29, 0.717) is 37.6 Å². The third-order valence-corrected chi connectivity index (χ3v) is 5.09. The van der Waals surface area contributed by atoms with Crippen molar-refractivity contribution in [3.05, 3.63) is 29.8 Å². The summed E-state index contributed by atoms with van der Waals surface area (Å²) in [5, 5.41) is 1.22. The highest BCUT2D eigenvalue weighted by Crippen LogP contribution is 2.32. The van der Waals surface area contributed by atoms with Gasteiger partial charge in [0, 0.05) is 32.1 Å². The molecular weight excluding hydrogens is 360 g/mol. The van der Waals surface area contributed by atoms with Crippen LogP contribution >= 0.6 is 0 Å². The van der Waals surface area contributed by atoms with Crippen LogP contribution in [0, 0.1) is 5.92 Å². The van der Waals surface area contributed by atoms with Gasteiger partial charge in [-0.3, -0.25) is 9.63 Å². The van der Waals surface area contributed by atoms with E-state index >= 15 is 0 Å². The Bertz CT molecular complexity index is 669. The van der Waals surface area contributed by atoms with E-state index in [9.17, 15) is 9.59 Å². The summed E-state index contributed by atoms with van der Waals surface area (Å²) in [4.78, 5) is 33.4. The quantitative estimate of drug-likeness (QED) is 0.500. The molecule has 0 unspecified atom stereocenters. The first kappa shape index (κ1) is 22.2. The second-order valence-electron chi connectivity index (χ2n) is 7.62. The number of esters is 1. The van der Waals surface area contributed by atoms with Crippen molar-refractivity contribution in [2.24, 2.45) is 5.92 Å². The molecular formula is C21H32N2O5. The monoisotopic (exact) mass is 392 g/mol. The topological polar surface area (TPSA) is 68.3 Å². The van der Waals surface area contributed by atoms with Crippen LogP contribution in [-0.2, 0) is 25.8 Å². The first-order chi connectivity index (χ1) is 13.3. The van der Waals surface area contributed by atoms with Gasteiger partial charge in [0.05, 0.1) is 14.2 Å². The van der Waals surface area contributed by atoms with Gasteiger partial charge in [0.15, 0.2) is 5.54 Å². The Morgan fingerprint density at radius 1 is 1.18 bits per heavy atom. The number of ether oxygens (including phenoxy) is 2. The lowest BCUT2D eigenvalue weighted by molar-refractivity contribution is -0.240. The third-order valence-electron chi connectivity index (χ3n) is 5.09. The van der Waals surface area contributed by atoms with Crippen molar-refractivity contribution in [1.82, 2.24) is 9.96 Å². The van der Waals surface area contributed by atoms with Gasteiger partial charge >= 0.3 is 5.97 Å². The van der Waals surface area contributed by atoms with Gasteiger partial charge in [0.25, 0.3) is 0 Å². The molecule has 0 aromatic heterocycles. The van der Waals surface area contributed by atoms with Gasteiger partial charge in [-0.05, 0) is 24.8 Å². The standard InChI is InChI=1S/C21H32N2O5/c1-16(2)14-22-12-10-21(11-13-22,20(25)27-5)23(17(3)24)28-15-18-8-6-7-9-19(18)26-4/h6-9,16H,10-15H2,1-5H3. The summed E-state index contributed by atoms with van der Waals surface area (Å²) in [6, 6.07) is 7.44. The number of carbonyl (C=O) groups is 2. The predicted molar refractivity (Wildman–Crippen MR) is 106 cm³/mol. The number of methoxy groups -OCH3 is 2. The summed E-state index contributed by atoms with van der Waals surface area (Å²) in [6.07, 6.45) is 0.940. The molecule has 1 aliphatic rings. The van der Waals surface area contributed by atoms with Crippen molar-refractivity contribution in [2.45, 2.75) is 45.8 Å². The van der Waals surface area contributed by atoms with Crippen LogP contribution in [0.1, 0.15) is 39.2 Å². The van der Waals surface area contributed by atoms with E-state index in [1.54, 1.807) is 7.11 Å². The molecule has 0 radical (unpaired) electrons. The Labute approximate surface area is 167 Å². The molecule has 1 heterocycles. The Hall–Kier alpha value is -2.12. The van der Waals surface area contributed by atoms with Crippen LogP contribution in [-0.4, -0.2) is 61.2 Å². The zero-order valence-electron chi connectivity index (χ0n) is 17.6. The number of para-hydroxylation sites is 1. The van der Waals surface area contributed by atoms with Crippen LogP contribution in [0.15, 0.2) is 24.3 Å². The fraction of sp³-hybridized carbons (Fsp3) is 0.619. The molecule has 2 rings (SSSR count). The summed E-state index contributed by atoms with van der Waals surface area (Å²) in [7, 11) is 2.94. The minimum atomic E-state index is -1.12. The number of amides is 1. The zero-order chi connectivity index (χ0) is 20.7. The maximum atomic E-state index is 12.8. The number of likely N-dealkylation sites (tertiary alicyclic amines) is 1. The Morgan fingerprint density at radius 2 is 1.82 bits per heavy atom. The molecule has 0 spiro atoms. The van der Waals surface area contributed by atoms with E-state index in [2.05, 4.69) is 18.7 Å². The van der Waals surface area contributed by atoms with Gasteiger partial charge in [-0.15, -0.1) is 0 Å². The van der Waals surface area contributed by atoms with Gasteiger partial charge in [0.1, 0.15) is 12.4 Å². The number of nitrogens with zero attached hydrogens (tertiary/aromatic N) is 2. The van der Waals surface area contributed by atoms with Crippen LogP contribution in [0.3, 0.4) is 0 Å². The molecule has 1 saturated heterocycles. The SMILES string of the molecule is COC(=O)C1(N(OCc2ccccc2OC)C(C)=O)CCN(CC(C)C)CC1. The summed E-state index contributed by atoms with van der Waals surface area (Å²) in [5.41, 5.74) is -0.315. The first-order valence-corrected chi connectivity index (χ1v) is 9.70. The maximum absolute atomic E-state index is 12.8. The van der Waals surface area contributed by atoms with Crippen molar-refractivity contribution in [2.75, 3.05) is 33.9 Å². The molecule has 0 bridgehead atoms.